The van der Waals surface area contributed by atoms with Crippen molar-refractivity contribution in [2.75, 3.05) is 38.1 Å². The van der Waals surface area contributed by atoms with Crippen molar-refractivity contribution >= 4 is 11.7 Å². The minimum atomic E-state index is -0.225. The molecule has 8 heteroatoms. The summed E-state index contributed by atoms with van der Waals surface area (Å²) in [5.74, 6) is 0.364. The molecule has 25 heavy (non-hydrogen) atoms. The van der Waals surface area contributed by atoms with Gasteiger partial charge in [-0.3, -0.25) is 4.57 Å². The van der Waals surface area contributed by atoms with Crippen LogP contribution in [-0.4, -0.2) is 63.6 Å². The molecule has 2 amide bonds. The van der Waals surface area contributed by atoms with E-state index in [1.165, 1.54) is 0 Å². The van der Waals surface area contributed by atoms with Crippen LogP contribution in [0, 0.1) is 5.92 Å². The SMILES string of the molecule is O=C(NCCN1CCCC(CO)C1)Nc1cccc(-n2cnnc2)c1. The fraction of sp³-hybridized carbons (Fsp3) is 0.471. The van der Waals surface area contributed by atoms with Crippen LogP contribution in [-0.2, 0) is 0 Å². The molecule has 1 aliphatic rings. The van der Waals surface area contributed by atoms with Crippen LogP contribution in [0.2, 0.25) is 0 Å². The maximum atomic E-state index is 12.1. The molecule has 0 bridgehead atoms. The highest BCUT2D eigenvalue weighted by Crippen LogP contribution is 2.15. The maximum absolute atomic E-state index is 12.1. The standard InChI is InChI=1S/C17H24N6O2/c24-11-14-3-2-7-22(10-14)8-6-18-17(25)21-15-4-1-5-16(9-15)23-12-19-20-13-23/h1,4-5,9,12-14,24H,2-3,6-8,10-11H2,(H2,18,21,25). The number of aromatic nitrogens is 3. The summed E-state index contributed by atoms with van der Waals surface area (Å²) in [5.41, 5.74) is 1.59. The average molecular weight is 344 g/mol. The van der Waals surface area contributed by atoms with Crippen molar-refractivity contribution in [3.8, 4) is 5.69 Å². The molecule has 2 heterocycles. The summed E-state index contributed by atoms with van der Waals surface area (Å²) < 4.78 is 1.77. The molecule has 0 spiro atoms. The van der Waals surface area contributed by atoms with Gasteiger partial charge in [0.15, 0.2) is 0 Å². The molecule has 1 aliphatic heterocycles. The molecule has 0 saturated carbocycles. The lowest BCUT2D eigenvalue weighted by atomic mass is 9.99. The Hall–Kier alpha value is -2.45. The number of likely N-dealkylation sites (tertiary alicyclic amines) is 1. The number of hydrogen-bond acceptors (Lipinski definition) is 5. The van der Waals surface area contributed by atoms with Gasteiger partial charge in [0.05, 0.1) is 5.69 Å². The van der Waals surface area contributed by atoms with Gasteiger partial charge in [0.1, 0.15) is 12.7 Å². The first-order chi connectivity index (χ1) is 12.2. The van der Waals surface area contributed by atoms with Crippen LogP contribution < -0.4 is 10.6 Å². The molecule has 1 aromatic heterocycles. The number of rotatable bonds is 6. The lowest BCUT2D eigenvalue weighted by molar-refractivity contribution is 0.121. The third-order valence-corrected chi connectivity index (χ3v) is 4.40. The zero-order valence-corrected chi connectivity index (χ0v) is 14.1. The summed E-state index contributed by atoms with van der Waals surface area (Å²) in [6.07, 6.45) is 5.41. The molecule has 2 aromatic rings. The van der Waals surface area contributed by atoms with Gasteiger partial charge in [-0.1, -0.05) is 6.07 Å². The van der Waals surface area contributed by atoms with E-state index in [0.29, 0.717) is 18.2 Å². The Balaban J connectivity index is 1.44. The minimum Gasteiger partial charge on any atom is -0.396 e. The lowest BCUT2D eigenvalue weighted by Crippen LogP contribution is -2.42. The van der Waals surface area contributed by atoms with Crippen LogP contribution in [0.4, 0.5) is 10.5 Å². The smallest absolute Gasteiger partial charge is 0.319 e. The number of aliphatic hydroxyl groups excluding tert-OH is 1. The number of carbonyl (C=O) groups is 1. The first kappa shape index (κ1) is 17.4. The van der Waals surface area contributed by atoms with E-state index in [1.807, 2.05) is 24.3 Å². The number of carbonyl (C=O) groups excluding carboxylic acids is 1. The van der Waals surface area contributed by atoms with Crippen molar-refractivity contribution < 1.29 is 9.90 Å². The first-order valence-electron chi connectivity index (χ1n) is 8.58. The Bertz CT molecular complexity index is 676. The summed E-state index contributed by atoms with van der Waals surface area (Å²) in [6.45, 7) is 3.55. The zero-order valence-electron chi connectivity index (χ0n) is 14.1. The van der Waals surface area contributed by atoms with Crippen LogP contribution in [0.5, 0.6) is 0 Å². The molecule has 1 saturated heterocycles. The van der Waals surface area contributed by atoms with Crippen LogP contribution in [0.1, 0.15) is 12.8 Å². The quantitative estimate of drug-likeness (QED) is 0.729. The Morgan fingerprint density at radius 3 is 2.96 bits per heavy atom. The Morgan fingerprint density at radius 1 is 1.32 bits per heavy atom. The summed E-state index contributed by atoms with van der Waals surface area (Å²) in [7, 11) is 0. The summed E-state index contributed by atoms with van der Waals surface area (Å²) in [4.78, 5) is 14.3. The number of anilines is 1. The number of aliphatic hydroxyl groups is 1. The van der Waals surface area contributed by atoms with Gasteiger partial charge in [-0.25, -0.2) is 4.79 Å². The molecule has 1 fully saturated rings. The molecule has 0 radical (unpaired) electrons. The number of nitrogens with zero attached hydrogens (tertiary/aromatic N) is 4. The van der Waals surface area contributed by atoms with Crippen molar-refractivity contribution in [1.82, 2.24) is 25.0 Å². The van der Waals surface area contributed by atoms with E-state index < -0.39 is 0 Å². The largest absolute Gasteiger partial charge is 0.396 e. The molecule has 1 unspecified atom stereocenters. The van der Waals surface area contributed by atoms with E-state index >= 15 is 0 Å². The van der Waals surface area contributed by atoms with E-state index in [9.17, 15) is 9.90 Å². The van der Waals surface area contributed by atoms with Gasteiger partial charge in [-0.15, -0.1) is 10.2 Å². The Labute approximate surface area is 146 Å². The summed E-state index contributed by atoms with van der Waals surface area (Å²) in [5, 5.41) is 22.5. The van der Waals surface area contributed by atoms with E-state index in [-0.39, 0.29) is 12.6 Å². The lowest BCUT2D eigenvalue weighted by Gasteiger charge is -2.31. The van der Waals surface area contributed by atoms with E-state index in [4.69, 9.17) is 0 Å². The second-order valence-electron chi connectivity index (χ2n) is 6.29. The molecule has 134 valence electrons. The van der Waals surface area contributed by atoms with Gasteiger partial charge < -0.3 is 20.6 Å². The Kier molecular flexibility index (Phi) is 5.97. The maximum Gasteiger partial charge on any atom is 0.319 e. The fourth-order valence-electron chi connectivity index (χ4n) is 3.08. The van der Waals surface area contributed by atoms with Crippen LogP contribution in [0.3, 0.4) is 0 Å². The first-order valence-corrected chi connectivity index (χ1v) is 8.58. The number of amides is 2. The molecule has 1 aromatic carbocycles. The molecular weight excluding hydrogens is 320 g/mol. The fourth-order valence-corrected chi connectivity index (χ4v) is 3.08. The zero-order chi connectivity index (χ0) is 17.5. The number of urea groups is 1. The Morgan fingerprint density at radius 2 is 2.16 bits per heavy atom. The molecule has 3 N–H and O–H groups in total. The van der Waals surface area contributed by atoms with Crippen LogP contribution in [0.25, 0.3) is 5.69 Å². The number of hydrogen-bond donors (Lipinski definition) is 3. The van der Waals surface area contributed by atoms with Crippen molar-refractivity contribution in [1.29, 1.82) is 0 Å². The van der Waals surface area contributed by atoms with E-state index in [2.05, 4.69) is 25.7 Å². The van der Waals surface area contributed by atoms with Gasteiger partial charge in [0.2, 0.25) is 0 Å². The number of piperidine rings is 1. The monoisotopic (exact) mass is 344 g/mol. The second kappa shape index (κ2) is 8.59. The van der Waals surface area contributed by atoms with Gasteiger partial charge in [-0.2, -0.15) is 0 Å². The van der Waals surface area contributed by atoms with Gasteiger partial charge in [0.25, 0.3) is 0 Å². The predicted octanol–water partition coefficient (Wildman–Crippen LogP) is 1.09. The number of nitrogens with one attached hydrogen (secondary N) is 2. The molecule has 3 rings (SSSR count). The number of benzene rings is 1. The highest BCUT2D eigenvalue weighted by atomic mass is 16.3. The van der Waals surface area contributed by atoms with Crippen molar-refractivity contribution in [2.24, 2.45) is 5.92 Å². The molecule has 0 aliphatic carbocycles. The normalized spacial score (nSPS) is 18.0. The molecule has 8 nitrogen and oxygen atoms in total. The van der Waals surface area contributed by atoms with Crippen molar-refractivity contribution in [3.05, 3.63) is 36.9 Å². The predicted molar refractivity (Wildman–Crippen MR) is 94.6 cm³/mol. The van der Waals surface area contributed by atoms with E-state index in [0.717, 1.165) is 38.2 Å². The van der Waals surface area contributed by atoms with E-state index in [1.54, 1.807) is 17.2 Å². The molecule has 1 atom stereocenters. The van der Waals surface area contributed by atoms with Crippen molar-refractivity contribution in [2.45, 2.75) is 12.8 Å². The highest BCUT2D eigenvalue weighted by molar-refractivity contribution is 5.89. The average Bonchev–Trinajstić information content (AvgIpc) is 3.17. The van der Waals surface area contributed by atoms with Crippen molar-refractivity contribution in [3.63, 3.8) is 0 Å². The third-order valence-electron chi connectivity index (χ3n) is 4.40. The topological polar surface area (TPSA) is 95.3 Å². The highest BCUT2D eigenvalue weighted by Gasteiger charge is 2.18. The van der Waals surface area contributed by atoms with Gasteiger partial charge in [0, 0.05) is 31.9 Å². The second-order valence-corrected chi connectivity index (χ2v) is 6.29. The minimum absolute atomic E-state index is 0.225. The summed E-state index contributed by atoms with van der Waals surface area (Å²) >= 11 is 0. The van der Waals surface area contributed by atoms with Gasteiger partial charge in [-0.05, 0) is 43.5 Å². The summed E-state index contributed by atoms with van der Waals surface area (Å²) in [6, 6.07) is 7.26. The van der Waals surface area contributed by atoms with Gasteiger partial charge >= 0.3 is 6.03 Å². The molecular formula is C17H24N6O2. The van der Waals surface area contributed by atoms with Crippen LogP contribution >= 0.6 is 0 Å². The van der Waals surface area contributed by atoms with Crippen LogP contribution in [0.15, 0.2) is 36.9 Å². The third kappa shape index (κ3) is 5.01.